The lowest BCUT2D eigenvalue weighted by molar-refractivity contribution is -0.141. The van der Waals surface area contributed by atoms with Crippen molar-refractivity contribution in [1.29, 1.82) is 0 Å². The molecule has 2 nitrogen and oxygen atoms in total. The lowest BCUT2D eigenvalue weighted by Crippen LogP contribution is -2.10. The molecule has 2 rings (SSSR count). The molecule has 1 fully saturated rings. The summed E-state index contributed by atoms with van der Waals surface area (Å²) >= 11 is 0. The quantitative estimate of drug-likeness (QED) is 0.710. The molecule has 1 aromatic rings. The van der Waals surface area contributed by atoms with Crippen molar-refractivity contribution in [3.63, 3.8) is 0 Å². The van der Waals surface area contributed by atoms with Gasteiger partial charge in [0, 0.05) is 11.5 Å². The van der Waals surface area contributed by atoms with Crippen molar-refractivity contribution in [1.82, 2.24) is 4.98 Å². The normalized spacial score (nSPS) is 16.5. The predicted molar refractivity (Wildman–Crippen MR) is 46.6 cm³/mol. The van der Waals surface area contributed by atoms with Crippen LogP contribution < -0.4 is 0 Å². The first-order valence-corrected chi connectivity index (χ1v) is 4.55. The Morgan fingerprint density at radius 2 is 2.00 bits per heavy atom. The molecule has 0 unspecified atom stereocenters. The maximum atomic E-state index is 12.3. The van der Waals surface area contributed by atoms with Crippen LogP contribution in [0.25, 0.3) is 0 Å². The van der Waals surface area contributed by atoms with Crippen molar-refractivity contribution in [2.75, 3.05) is 0 Å². The third kappa shape index (κ3) is 2.00. The summed E-state index contributed by atoms with van der Waals surface area (Å²) in [5, 5.41) is 0. The molecule has 1 aromatic heterocycles. The van der Waals surface area contributed by atoms with Gasteiger partial charge in [0.2, 0.25) is 0 Å². The van der Waals surface area contributed by atoms with E-state index in [0.29, 0.717) is 12.0 Å². The molecule has 80 valence electrons. The minimum atomic E-state index is -4.44. The average molecular weight is 215 g/mol. The number of carbonyl (C=O) groups is 1. The molecular weight excluding hydrogens is 207 g/mol. The summed E-state index contributed by atoms with van der Waals surface area (Å²) in [6, 6.07) is 2.03. The van der Waals surface area contributed by atoms with Gasteiger partial charge in [-0.3, -0.25) is 4.79 Å². The topological polar surface area (TPSA) is 30.0 Å². The minimum absolute atomic E-state index is 0.0347. The number of nitrogens with zero attached hydrogens (tertiary/aromatic N) is 1. The summed E-state index contributed by atoms with van der Waals surface area (Å²) in [6.45, 7) is 0. The molecule has 0 aliphatic heterocycles. The van der Waals surface area contributed by atoms with Crippen LogP contribution >= 0.6 is 0 Å². The molecule has 0 aromatic carbocycles. The van der Waals surface area contributed by atoms with E-state index in [1.807, 2.05) is 0 Å². The van der Waals surface area contributed by atoms with Gasteiger partial charge < -0.3 is 0 Å². The molecule has 1 saturated carbocycles. The van der Waals surface area contributed by atoms with Gasteiger partial charge in [-0.2, -0.15) is 13.2 Å². The van der Waals surface area contributed by atoms with E-state index in [0.717, 1.165) is 18.9 Å². The summed E-state index contributed by atoms with van der Waals surface area (Å²) in [6.07, 6.45) is -2.25. The second-order valence-corrected chi connectivity index (χ2v) is 3.56. The number of alkyl halides is 3. The van der Waals surface area contributed by atoms with Gasteiger partial charge >= 0.3 is 6.18 Å². The third-order valence-electron chi connectivity index (χ3n) is 2.34. The van der Waals surface area contributed by atoms with Crippen LogP contribution in [0.5, 0.6) is 0 Å². The zero-order chi connectivity index (χ0) is 11.1. The molecular formula is C10H8F3NO. The maximum absolute atomic E-state index is 12.3. The van der Waals surface area contributed by atoms with Crippen LogP contribution in [0.2, 0.25) is 0 Å². The Bertz CT molecular complexity index is 396. The summed E-state index contributed by atoms with van der Waals surface area (Å²) in [7, 11) is 0. The molecule has 5 heteroatoms. The summed E-state index contributed by atoms with van der Waals surface area (Å²) < 4.78 is 37.0. The first-order chi connectivity index (χ1) is 7.02. The van der Waals surface area contributed by atoms with Gasteiger partial charge in [-0.25, -0.2) is 4.98 Å². The highest BCUT2D eigenvalue weighted by molar-refractivity contribution is 5.77. The van der Waals surface area contributed by atoms with Crippen molar-refractivity contribution in [2.45, 2.75) is 24.9 Å². The Kier molecular flexibility index (Phi) is 2.25. The van der Waals surface area contributed by atoms with E-state index < -0.39 is 11.9 Å². The molecule has 1 heterocycles. The van der Waals surface area contributed by atoms with E-state index >= 15 is 0 Å². The molecule has 15 heavy (non-hydrogen) atoms. The molecule has 0 amide bonds. The SMILES string of the molecule is O=Cc1ccc(C(F)(F)F)nc1C1CC1. The smallest absolute Gasteiger partial charge is 0.298 e. The maximum Gasteiger partial charge on any atom is 0.433 e. The Balaban J connectivity index is 2.45. The predicted octanol–water partition coefficient (Wildman–Crippen LogP) is 2.79. The highest BCUT2D eigenvalue weighted by Gasteiger charge is 2.35. The van der Waals surface area contributed by atoms with Crippen LogP contribution in [0.4, 0.5) is 13.2 Å². The molecule has 1 aliphatic carbocycles. The van der Waals surface area contributed by atoms with Crippen LogP contribution in [0.3, 0.4) is 0 Å². The second kappa shape index (κ2) is 3.32. The van der Waals surface area contributed by atoms with Gasteiger partial charge in [-0.05, 0) is 25.0 Å². The Hall–Kier alpha value is -1.39. The van der Waals surface area contributed by atoms with Crippen LogP contribution in [-0.4, -0.2) is 11.3 Å². The summed E-state index contributed by atoms with van der Waals surface area (Å²) in [4.78, 5) is 14.1. The number of carbonyl (C=O) groups excluding carboxylic acids is 1. The number of hydrogen-bond donors (Lipinski definition) is 0. The lowest BCUT2D eigenvalue weighted by Gasteiger charge is -2.08. The van der Waals surface area contributed by atoms with Gasteiger partial charge in [0.1, 0.15) is 5.69 Å². The zero-order valence-corrected chi connectivity index (χ0v) is 7.71. The second-order valence-electron chi connectivity index (χ2n) is 3.56. The highest BCUT2D eigenvalue weighted by Crippen LogP contribution is 2.41. The van der Waals surface area contributed by atoms with Crippen molar-refractivity contribution in [3.05, 3.63) is 29.1 Å². The number of halogens is 3. The molecule has 1 aliphatic rings. The Morgan fingerprint density at radius 1 is 1.33 bits per heavy atom. The van der Waals surface area contributed by atoms with Gasteiger partial charge in [0.05, 0.1) is 5.69 Å². The number of hydrogen-bond acceptors (Lipinski definition) is 2. The molecule has 0 spiro atoms. The van der Waals surface area contributed by atoms with Crippen molar-refractivity contribution in [3.8, 4) is 0 Å². The molecule has 0 bridgehead atoms. The molecule has 0 N–H and O–H groups in total. The number of rotatable bonds is 2. The van der Waals surface area contributed by atoms with Crippen LogP contribution in [0.1, 0.15) is 40.5 Å². The Morgan fingerprint density at radius 3 is 2.47 bits per heavy atom. The fourth-order valence-electron chi connectivity index (χ4n) is 1.43. The van der Waals surface area contributed by atoms with Crippen molar-refractivity contribution in [2.24, 2.45) is 0 Å². The first-order valence-electron chi connectivity index (χ1n) is 4.55. The average Bonchev–Trinajstić information content (AvgIpc) is 2.98. The van der Waals surface area contributed by atoms with Gasteiger partial charge in [0.25, 0.3) is 0 Å². The summed E-state index contributed by atoms with van der Waals surface area (Å²) in [5.74, 6) is 0.0347. The fourth-order valence-corrected chi connectivity index (χ4v) is 1.43. The van der Waals surface area contributed by atoms with Gasteiger partial charge in [-0.15, -0.1) is 0 Å². The third-order valence-corrected chi connectivity index (χ3v) is 2.34. The molecule has 0 saturated heterocycles. The molecule has 0 radical (unpaired) electrons. The van der Waals surface area contributed by atoms with E-state index in [1.54, 1.807) is 0 Å². The number of aldehydes is 1. The van der Waals surface area contributed by atoms with Gasteiger partial charge in [-0.1, -0.05) is 0 Å². The van der Waals surface area contributed by atoms with Crippen LogP contribution in [0.15, 0.2) is 12.1 Å². The van der Waals surface area contributed by atoms with Crippen molar-refractivity contribution < 1.29 is 18.0 Å². The van der Waals surface area contributed by atoms with E-state index in [9.17, 15) is 18.0 Å². The van der Waals surface area contributed by atoms with E-state index in [4.69, 9.17) is 0 Å². The van der Waals surface area contributed by atoms with E-state index in [1.165, 1.54) is 6.07 Å². The fraction of sp³-hybridized carbons (Fsp3) is 0.400. The number of pyridine rings is 1. The summed E-state index contributed by atoms with van der Waals surface area (Å²) in [5.41, 5.74) is -0.361. The van der Waals surface area contributed by atoms with Crippen LogP contribution in [-0.2, 0) is 6.18 Å². The standard InChI is InChI=1S/C10H8F3NO/c11-10(12,13)8-4-3-7(5-15)9(14-8)6-1-2-6/h3-6H,1-2H2. The minimum Gasteiger partial charge on any atom is -0.298 e. The monoisotopic (exact) mass is 215 g/mol. The van der Waals surface area contributed by atoms with Crippen LogP contribution in [0, 0.1) is 0 Å². The zero-order valence-electron chi connectivity index (χ0n) is 7.71. The Labute approximate surface area is 84.1 Å². The lowest BCUT2D eigenvalue weighted by atomic mass is 10.1. The van der Waals surface area contributed by atoms with E-state index in [-0.39, 0.29) is 11.5 Å². The van der Waals surface area contributed by atoms with Crippen molar-refractivity contribution >= 4 is 6.29 Å². The number of aromatic nitrogens is 1. The highest BCUT2D eigenvalue weighted by atomic mass is 19.4. The van der Waals surface area contributed by atoms with Gasteiger partial charge in [0.15, 0.2) is 6.29 Å². The largest absolute Gasteiger partial charge is 0.433 e. The van der Waals surface area contributed by atoms with E-state index in [2.05, 4.69) is 4.98 Å². The first kappa shape index (κ1) is 10.1. The molecule has 0 atom stereocenters.